The molecule has 0 aliphatic carbocycles. The lowest BCUT2D eigenvalue weighted by Gasteiger charge is -2.32. The minimum absolute atomic E-state index is 0.358. The fraction of sp³-hybridized carbons (Fsp3) is 0.789. The van der Waals surface area contributed by atoms with Gasteiger partial charge in [-0.3, -0.25) is 4.68 Å². The van der Waals surface area contributed by atoms with E-state index in [0.717, 1.165) is 5.46 Å². The Morgan fingerprint density at radius 2 is 1.82 bits per heavy atom. The highest BCUT2D eigenvalue weighted by Crippen LogP contribution is 2.36. The van der Waals surface area contributed by atoms with Crippen LogP contribution in [0.25, 0.3) is 0 Å². The van der Waals surface area contributed by atoms with Crippen LogP contribution in [0.1, 0.15) is 48.5 Å². The van der Waals surface area contributed by atoms with Crippen LogP contribution in [-0.2, 0) is 25.3 Å². The monoisotopic (exact) mass is 395 g/mol. The van der Waals surface area contributed by atoms with E-state index in [1.165, 1.54) is 0 Å². The van der Waals surface area contributed by atoms with Crippen molar-refractivity contribution in [2.75, 3.05) is 26.8 Å². The maximum absolute atomic E-state index is 12.4. The smallest absolute Gasteiger partial charge is 0.444 e. The highest BCUT2D eigenvalue weighted by Gasteiger charge is 2.52. The second-order valence-electron chi connectivity index (χ2n) is 9.09. The number of nitrogens with zero attached hydrogens (tertiary/aromatic N) is 3. The summed E-state index contributed by atoms with van der Waals surface area (Å²) in [5.74, 6) is 0. The lowest BCUT2D eigenvalue weighted by molar-refractivity contribution is 0.00578. The summed E-state index contributed by atoms with van der Waals surface area (Å²) in [6.45, 7) is 15.5. The van der Waals surface area contributed by atoms with Gasteiger partial charge in [0.25, 0.3) is 0 Å². The van der Waals surface area contributed by atoms with Crippen molar-refractivity contribution in [3.8, 4) is 0 Å². The molecule has 0 aromatic carbocycles. The molecule has 0 bridgehead atoms. The standard InChI is InChI=1S/C19H34BN3O5/c1-17(2,3)26-16(24)22(11-12-25-8)9-10-23-14-15(13-21-23)20-27-18(4,5)19(6,7)28-20/h13-14H,9-12H2,1-8H3. The summed E-state index contributed by atoms with van der Waals surface area (Å²) in [5.41, 5.74) is -0.474. The van der Waals surface area contributed by atoms with E-state index >= 15 is 0 Å². The van der Waals surface area contributed by atoms with Crippen LogP contribution in [0.4, 0.5) is 4.79 Å². The molecule has 0 unspecified atom stereocenters. The van der Waals surface area contributed by atoms with Crippen molar-refractivity contribution in [1.82, 2.24) is 14.7 Å². The summed E-state index contributed by atoms with van der Waals surface area (Å²) in [5, 5.41) is 4.39. The van der Waals surface area contributed by atoms with Crippen LogP contribution in [0.15, 0.2) is 12.4 Å². The largest absolute Gasteiger partial charge is 0.498 e. The van der Waals surface area contributed by atoms with Crippen molar-refractivity contribution < 1.29 is 23.6 Å². The number of rotatable bonds is 7. The number of aromatic nitrogens is 2. The van der Waals surface area contributed by atoms with Crippen molar-refractivity contribution in [2.24, 2.45) is 0 Å². The van der Waals surface area contributed by atoms with Gasteiger partial charge in [-0.05, 0) is 48.5 Å². The molecular weight excluding hydrogens is 361 g/mol. The Labute approximate surface area is 168 Å². The van der Waals surface area contributed by atoms with Gasteiger partial charge in [0.1, 0.15) is 5.60 Å². The normalized spacial score (nSPS) is 18.4. The predicted octanol–water partition coefficient (Wildman–Crippen LogP) is 2.07. The molecule has 0 spiro atoms. The lowest BCUT2D eigenvalue weighted by atomic mass is 9.82. The topological polar surface area (TPSA) is 75.0 Å². The third kappa shape index (κ3) is 5.72. The summed E-state index contributed by atoms with van der Waals surface area (Å²) in [6.07, 6.45) is 3.28. The number of ether oxygens (including phenoxy) is 2. The molecule has 0 saturated carbocycles. The molecule has 28 heavy (non-hydrogen) atoms. The van der Waals surface area contributed by atoms with Crippen LogP contribution < -0.4 is 5.46 Å². The molecule has 0 radical (unpaired) electrons. The molecular formula is C19H34BN3O5. The Morgan fingerprint density at radius 1 is 1.21 bits per heavy atom. The minimum atomic E-state index is -0.544. The Hall–Kier alpha value is -1.58. The van der Waals surface area contributed by atoms with Crippen LogP contribution in [0, 0.1) is 0 Å². The molecule has 1 aliphatic rings. The van der Waals surface area contributed by atoms with Gasteiger partial charge in [0.15, 0.2) is 0 Å². The number of carbonyl (C=O) groups is 1. The van der Waals surface area contributed by atoms with E-state index in [9.17, 15) is 4.79 Å². The van der Waals surface area contributed by atoms with E-state index < -0.39 is 23.9 Å². The molecule has 1 saturated heterocycles. The third-order valence-electron chi connectivity index (χ3n) is 4.99. The average Bonchev–Trinajstić information content (AvgIpc) is 3.08. The molecule has 9 heteroatoms. The van der Waals surface area contributed by atoms with Crippen LogP contribution in [0.5, 0.6) is 0 Å². The van der Waals surface area contributed by atoms with E-state index in [1.807, 2.05) is 54.7 Å². The Bertz CT molecular complexity index is 653. The zero-order valence-electron chi connectivity index (χ0n) is 18.4. The van der Waals surface area contributed by atoms with Gasteiger partial charge in [-0.25, -0.2) is 4.79 Å². The fourth-order valence-corrected chi connectivity index (χ4v) is 2.65. The second-order valence-corrected chi connectivity index (χ2v) is 9.09. The first kappa shape index (κ1) is 22.7. The summed E-state index contributed by atoms with van der Waals surface area (Å²) in [7, 11) is 1.16. The molecule has 1 aromatic rings. The highest BCUT2D eigenvalue weighted by molar-refractivity contribution is 6.61. The Balaban J connectivity index is 1.98. The van der Waals surface area contributed by atoms with Gasteiger partial charge in [0, 0.05) is 38.1 Å². The Kier molecular flexibility index (Phi) is 6.84. The van der Waals surface area contributed by atoms with Gasteiger partial charge in [0.2, 0.25) is 0 Å². The summed E-state index contributed by atoms with van der Waals surface area (Å²) in [6, 6.07) is 0. The van der Waals surface area contributed by atoms with Gasteiger partial charge in [-0.15, -0.1) is 0 Å². The van der Waals surface area contributed by atoms with E-state index in [0.29, 0.717) is 26.2 Å². The van der Waals surface area contributed by atoms with Crippen LogP contribution in [0.2, 0.25) is 0 Å². The zero-order valence-corrected chi connectivity index (χ0v) is 18.4. The molecule has 158 valence electrons. The predicted molar refractivity (Wildman–Crippen MR) is 108 cm³/mol. The summed E-state index contributed by atoms with van der Waals surface area (Å²) in [4.78, 5) is 14.1. The molecule has 8 nitrogen and oxygen atoms in total. The third-order valence-corrected chi connectivity index (χ3v) is 4.99. The first-order valence-electron chi connectivity index (χ1n) is 9.69. The molecule has 2 heterocycles. The molecule has 2 rings (SSSR count). The first-order chi connectivity index (χ1) is 12.8. The minimum Gasteiger partial charge on any atom is -0.444 e. The van der Waals surface area contributed by atoms with Gasteiger partial charge in [-0.2, -0.15) is 5.10 Å². The maximum Gasteiger partial charge on any atom is 0.498 e. The average molecular weight is 395 g/mol. The number of hydrogen-bond acceptors (Lipinski definition) is 6. The molecule has 0 N–H and O–H groups in total. The van der Waals surface area contributed by atoms with E-state index in [-0.39, 0.29) is 6.09 Å². The molecule has 1 aliphatic heterocycles. The number of carbonyl (C=O) groups excluding carboxylic acids is 1. The van der Waals surface area contributed by atoms with E-state index in [1.54, 1.807) is 22.9 Å². The lowest BCUT2D eigenvalue weighted by Crippen LogP contribution is -2.41. The summed E-state index contributed by atoms with van der Waals surface area (Å²) >= 11 is 0. The number of amides is 1. The van der Waals surface area contributed by atoms with Crippen molar-refractivity contribution >= 4 is 18.7 Å². The molecule has 1 amide bonds. The van der Waals surface area contributed by atoms with E-state index in [2.05, 4.69) is 5.10 Å². The molecule has 1 fully saturated rings. The summed E-state index contributed by atoms with van der Waals surface area (Å²) < 4.78 is 24.5. The van der Waals surface area contributed by atoms with Gasteiger partial charge < -0.3 is 23.7 Å². The number of hydrogen-bond donors (Lipinski definition) is 0. The molecule has 0 atom stereocenters. The second kappa shape index (κ2) is 8.43. The molecule has 1 aromatic heterocycles. The van der Waals surface area contributed by atoms with Crippen LogP contribution >= 0.6 is 0 Å². The zero-order chi connectivity index (χ0) is 21.2. The van der Waals surface area contributed by atoms with Gasteiger partial charge in [-0.1, -0.05) is 0 Å². The number of methoxy groups -OCH3 is 1. The Morgan fingerprint density at radius 3 is 2.36 bits per heavy atom. The van der Waals surface area contributed by atoms with Crippen molar-refractivity contribution in [1.29, 1.82) is 0 Å². The van der Waals surface area contributed by atoms with Crippen molar-refractivity contribution in [3.05, 3.63) is 12.4 Å². The first-order valence-corrected chi connectivity index (χ1v) is 9.69. The van der Waals surface area contributed by atoms with Crippen molar-refractivity contribution in [2.45, 2.75) is 71.8 Å². The van der Waals surface area contributed by atoms with Crippen molar-refractivity contribution in [3.63, 3.8) is 0 Å². The fourth-order valence-electron chi connectivity index (χ4n) is 2.65. The maximum atomic E-state index is 12.4. The highest BCUT2D eigenvalue weighted by atomic mass is 16.7. The van der Waals surface area contributed by atoms with Crippen LogP contribution in [0.3, 0.4) is 0 Å². The quantitative estimate of drug-likeness (QED) is 0.658. The van der Waals surface area contributed by atoms with E-state index in [4.69, 9.17) is 18.8 Å². The SMILES string of the molecule is COCCN(CCn1cc(B2OC(C)(C)C(C)(C)O2)cn1)C(=O)OC(C)(C)C. The van der Waals surface area contributed by atoms with Gasteiger partial charge in [0.05, 0.1) is 24.4 Å². The van der Waals surface area contributed by atoms with Gasteiger partial charge >= 0.3 is 13.2 Å². The van der Waals surface area contributed by atoms with Crippen LogP contribution in [-0.4, -0.2) is 71.5 Å².